The lowest BCUT2D eigenvalue weighted by Crippen LogP contribution is -2.41. The Labute approximate surface area is 118 Å². The normalized spacial score (nSPS) is 18.9. The summed E-state index contributed by atoms with van der Waals surface area (Å²) in [5, 5.41) is 4.66. The van der Waals surface area contributed by atoms with Crippen molar-refractivity contribution >= 4 is 31.8 Å². The lowest BCUT2D eigenvalue weighted by atomic mass is 9.87. The van der Waals surface area contributed by atoms with Crippen LogP contribution in [-0.4, -0.2) is 25.7 Å². The van der Waals surface area contributed by atoms with Gasteiger partial charge in [0.25, 0.3) is 0 Å². The summed E-state index contributed by atoms with van der Waals surface area (Å²) in [5.74, 6) is -0.958. The van der Waals surface area contributed by atoms with Gasteiger partial charge in [-0.05, 0) is 16.3 Å². The molecule has 1 aliphatic heterocycles. The van der Waals surface area contributed by atoms with Crippen molar-refractivity contribution in [1.29, 1.82) is 0 Å². The quantitative estimate of drug-likeness (QED) is 0.808. The first-order valence-electron chi connectivity index (χ1n) is 6.39. The smallest absolute Gasteiger partial charge is 0.232 e. The number of carbonyl (C=O) groups excluding carboxylic acids is 1. The van der Waals surface area contributed by atoms with Gasteiger partial charge in [0.1, 0.15) is 0 Å². The molecule has 1 atom stereocenters. The topological polar surface area (TPSA) is 63.2 Å². The number of rotatable bonds is 1. The van der Waals surface area contributed by atoms with E-state index in [4.69, 9.17) is 0 Å². The van der Waals surface area contributed by atoms with E-state index >= 15 is 0 Å². The number of hydrogen-bond donors (Lipinski definition) is 1. The van der Waals surface area contributed by atoms with Gasteiger partial charge < -0.3 is 5.32 Å². The number of carbonyl (C=O) groups is 1. The van der Waals surface area contributed by atoms with Gasteiger partial charge in [-0.3, -0.25) is 4.79 Å². The Morgan fingerprint density at radius 3 is 2.60 bits per heavy atom. The zero-order chi connectivity index (χ0) is 14.1. The van der Waals surface area contributed by atoms with E-state index in [-0.39, 0.29) is 10.8 Å². The highest BCUT2D eigenvalue weighted by Gasteiger charge is 2.31. The minimum atomic E-state index is -2.34. The first-order chi connectivity index (χ1) is 9.68. The van der Waals surface area contributed by atoms with Crippen LogP contribution >= 0.6 is 0 Å². The maximum atomic E-state index is 12.1. The Kier molecular flexibility index (Phi) is 3.28. The summed E-state index contributed by atoms with van der Waals surface area (Å²) in [5.41, 5.74) is 0.750. The van der Waals surface area contributed by atoms with E-state index in [1.807, 2.05) is 42.5 Å². The van der Waals surface area contributed by atoms with Crippen molar-refractivity contribution in [2.75, 3.05) is 6.54 Å². The molecule has 0 radical (unpaired) electrons. The van der Waals surface area contributed by atoms with Gasteiger partial charge >= 0.3 is 0 Å². The molecule has 1 N–H and O–H groups in total. The summed E-state index contributed by atoms with van der Waals surface area (Å²) in [6.07, 6.45) is 0.371. The predicted molar refractivity (Wildman–Crippen MR) is 78.2 cm³/mol. The molecule has 3 rings (SSSR count). The van der Waals surface area contributed by atoms with Crippen molar-refractivity contribution in [3.05, 3.63) is 48.0 Å². The van der Waals surface area contributed by atoms with Crippen LogP contribution in [0.5, 0.6) is 0 Å². The second kappa shape index (κ2) is 5.09. The standard InChI is InChI=1S/C15H13NO3S/c17-15-14(13(20(18)19)8-9-16-15)12-7-3-5-10-4-1-2-6-11(10)12/h1-7,14H,8-9H2,(H,16,17). The Balaban J connectivity index is 2.28. The van der Waals surface area contributed by atoms with E-state index in [0.717, 1.165) is 16.3 Å². The molecule has 20 heavy (non-hydrogen) atoms. The van der Waals surface area contributed by atoms with Gasteiger partial charge in [-0.25, -0.2) is 0 Å². The van der Waals surface area contributed by atoms with Crippen LogP contribution in [0.2, 0.25) is 0 Å². The number of hydrogen-bond acceptors (Lipinski definition) is 3. The number of fused-ring (bicyclic) bond motifs is 1. The fourth-order valence-corrected chi connectivity index (χ4v) is 3.39. The van der Waals surface area contributed by atoms with Crippen LogP contribution < -0.4 is 5.32 Å². The first-order valence-corrected chi connectivity index (χ1v) is 7.46. The van der Waals surface area contributed by atoms with Crippen molar-refractivity contribution in [1.82, 2.24) is 5.32 Å². The molecule has 2 aromatic rings. The van der Waals surface area contributed by atoms with Gasteiger partial charge in [-0.2, -0.15) is 8.42 Å². The molecule has 1 aliphatic rings. The van der Waals surface area contributed by atoms with Crippen LogP contribution in [-0.2, 0) is 15.1 Å². The highest BCUT2D eigenvalue weighted by molar-refractivity contribution is 7.73. The summed E-state index contributed by atoms with van der Waals surface area (Å²) < 4.78 is 22.8. The molecule has 1 heterocycles. The van der Waals surface area contributed by atoms with Crippen molar-refractivity contribution in [2.24, 2.45) is 0 Å². The van der Waals surface area contributed by atoms with Gasteiger partial charge in [-0.1, -0.05) is 42.5 Å². The molecule has 4 nitrogen and oxygen atoms in total. The van der Waals surface area contributed by atoms with Crippen LogP contribution in [0.15, 0.2) is 42.5 Å². The van der Waals surface area contributed by atoms with Crippen molar-refractivity contribution in [3.8, 4) is 0 Å². The van der Waals surface area contributed by atoms with Crippen LogP contribution in [0.25, 0.3) is 10.8 Å². The summed E-state index contributed by atoms with van der Waals surface area (Å²) >= 11 is 0. The van der Waals surface area contributed by atoms with Crippen LogP contribution in [0.4, 0.5) is 0 Å². The van der Waals surface area contributed by atoms with E-state index in [0.29, 0.717) is 13.0 Å². The molecule has 1 saturated heterocycles. The second-order valence-electron chi connectivity index (χ2n) is 4.74. The van der Waals surface area contributed by atoms with Crippen LogP contribution in [0, 0.1) is 0 Å². The van der Waals surface area contributed by atoms with Crippen LogP contribution in [0.3, 0.4) is 0 Å². The minimum Gasteiger partial charge on any atom is -0.355 e. The van der Waals surface area contributed by atoms with Crippen LogP contribution in [0.1, 0.15) is 17.9 Å². The summed E-state index contributed by atoms with van der Waals surface area (Å²) in [6.45, 7) is 0.378. The van der Waals surface area contributed by atoms with Gasteiger partial charge in [-0.15, -0.1) is 0 Å². The fourth-order valence-electron chi connectivity index (χ4n) is 2.70. The number of benzene rings is 2. The third-order valence-electron chi connectivity index (χ3n) is 3.60. The molecule has 0 spiro atoms. The van der Waals surface area contributed by atoms with Gasteiger partial charge in [0.05, 0.1) is 10.8 Å². The molecule has 1 fully saturated rings. The SMILES string of the molecule is O=C1NCCC(=S(=O)=O)C1c1cccc2ccccc12. The van der Waals surface area contributed by atoms with E-state index < -0.39 is 16.2 Å². The predicted octanol–water partition coefficient (Wildman–Crippen LogP) is 1.49. The Morgan fingerprint density at radius 2 is 1.80 bits per heavy atom. The summed E-state index contributed by atoms with van der Waals surface area (Å²) in [6, 6.07) is 13.3. The van der Waals surface area contributed by atoms with E-state index in [1.54, 1.807) is 0 Å². The molecular weight excluding hydrogens is 274 g/mol. The zero-order valence-electron chi connectivity index (χ0n) is 10.7. The van der Waals surface area contributed by atoms with E-state index in [1.165, 1.54) is 0 Å². The van der Waals surface area contributed by atoms with Gasteiger partial charge in [0.15, 0.2) is 0 Å². The molecule has 2 aromatic carbocycles. The minimum absolute atomic E-state index is 0.244. The zero-order valence-corrected chi connectivity index (χ0v) is 11.5. The molecule has 1 amide bonds. The molecular formula is C15H13NO3S. The highest BCUT2D eigenvalue weighted by Crippen LogP contribution is 2.29. The van der Waals surface area contributed by atoms with Crippen molar-refractivity contribution in [3.63, 3.8) is 0 Å². The lowest BCUT2D eigenvalue weighted by Gasteiger charge is -2.23. The first kappa shape index (κ1) is 12.9. The highest BCUT2D eigenvalue weighted by atomic mass is 32.2. The number of amides is 1. The molecule has 0 aliphatic carbocycles. The van der Waals surface area contributed by atoms with E-state index in [2.05, 4.69) is 5.32 Å². The third kappa shape index (κ3) is 2.10. The van der Waals surface area contributed by atoms with Gasteiger partial charge in [0, 0.05) is 13.0 Å². The summed E-state index contributed by atoms with van der Waals surface area (Å²) in [7, 11) is -2.34. The Bertz CT molecular complexity index is 811. The average molecular weight is 287 g/mol. The molecule has 5 heteroatoms. The largest absolute Gasteiger partial charge is 0.355 e. The summed E-state index contributed by atoms with van der Waals surface area (Å²) in [4.78, 5) is 12.4. The van der Waals surface area contributed by atoms with Crippen molar-refractivity contribution in [2.45, 2.75) is 12.3 Å². The molecule has 0 bridgehead atoms. The Morgan fingerprint density at radius 1 is 1.05 bits per heavy atom. The number of nitrogens with one attached hydrogen (secondary N) is 1. The monoisotopic (exact) mass is 287 g/mol. The maximum absolute atomic E-state index is 12.1. The van der Waals surface area contributed by atoms with E-state index in [9.17, 15) is 13.2 Å². The van der Waals surface area contributed by atoms with Crippen molar-refractivity contribution < 1.29 is 13.2 Å². The molecule has 102 valence electrons. The second-order valence-corrected chi connectivity index (χ2v) is 5.74. The number of piperidine rings is 1. The maximum Gasteiger partial charge on any atom is 0.232 e. The van der Waals surface area contributed by atoms with Gasteiger partial charge in [0.2, 0.25) is 16.2 Å². The fraction of sp³-hybridized carbons (Fsp3) is 0.200. The molecule has 1 unspecified atom stereocenters. The average Bonchev–Trinajstić information content (AvgIpc) is 2.46. The Hall–Kier alpha value is -2.14. The lowest BCUT2D eigenvalue weighted by molar-refractivity contribution is -0.121. The molecule has 0 saturated carbocycles. The third-order valence-corrected chi connectivity index (χ3v) is 4.47. The molecule has 0 aromatic heterocycles.